The molecule has 0 aliphatic carbocycles. The van der Waals surface area contributed by atoms with Gasteiger partial charge in [0.15, 0.2) is 5.82 Å². The second-order valence-corrected chi connectivity index (χ2v) is 7.43. The number of rotatable bonds is 7. The molecule has 0 unspecified atom stereocenters. The summed E-state index contributed by atoms with van der Waals surface area (Å²) >= 11 is 7.59. The summed E-state index contributed by atoms with van der Waals surface area (Å²) in [6, 6.07) is 6.39. The number of aliphatic hydroxyl groups is 1. The molecule has 1 heterocycles. The van der Waals surface area contributed by atoms with E-state index in [1.54, 1.807) is 12.1 Å². The Hall–Kier alpha value is -1.55. The van der Waals surface area contributed by atoms with Crippen LogP contribution in [0.5, 0.6) is 5.75 Å². The molecule has 0 fully saturated rings. The van der Waals surface area contributed by atoms with Crippen LogP contribution in [0.15, 0.2) is 29.2 Å². The van der Waals surface area contributed by atoms with Gasteiger partial charge in [-0.15, -0.1) is 11.8 Å². The summed E-state index contributed by atoms with van der Waals surface area (Å²) in [5.41, 5.74) is 0.553. The second-order valence-electron chi connectivity index (χ2n) is 4.69. The highest BCUT2D eigenvalue weighted by Crippen LogP contribution is 2.33. The Bertz CT molecular complexity index is 831. The Morgan fingerprint density at radius 2 is 2.12 bits per heavy atom. The number of nitrogens with zero attached hydrogens (tertiary/aromatic N) is 2. The second kappa shape index (κ2) is 8.02. The van der Waals surface area contributed by atoms with Gasteiger partial charge in [-0.05, 0) is 18.4 Å². The van der Waals surface area contributed by atoms with Gasteiger partial charge in [0.05, 0.1) is 17.8 Å². The molecule has 0 amide bonds. The zero-order valence-corrected chi connectivity index (χ0v) is 15.4. The van der Waals surface area contributed by atoms with Gasteiger partial charge in [-0.25, -0.2) is 9.97 Å². The first kappa shape index (κ1) is 18.8. The summed E-state index contributed by atoms with van der Waals surface area (Å²) in [7, 11) is -3.63. The fourth-order valence-electron chi connectivity index (χ4n) is 1.89. The maximum atomic E-state index is 11.2. The smallest absolute Gasteiger partial charge is 0.306 e. The molecule has 10 heteroatoms. The molecule has 0 atom stereocenters. The fraction of sp³-hybridized carbons (Fsp3) is 0.286. The Balaban J connectivity index is 2.45. The minimum atomic E-state index is -3.63. The lowest BCUT2D eigenvalue weighted by molar-refractivity contribution is 0.311. The van der Waals surface area contributed by atoms with Gasteiger partial charge in [-0.1, -0.05) is 23.7 Å². The van der Waals surface area contributed by atoms with E-state index in [2.05, 4.69) is 15.3 Å². The predicted octanol–water partition coefficient (Wildman–Crippen LogP) is 2.26. The molecule has 0 bridgehead atoms. The number of halogens is 1. The van der Waals surface area contributed by atoms with Crippen LogP contribution in [-0.4, -0.2) is 49.2 Å². The highest BCUT2D eigenvalue weighted by atomic mass is 35.5. The number of anilines is 1. The molecule has 0 aliphatic rings. The quantitative estimate of drug-likeness (QED) is 0.422. The average Bonchev–Trinajstić information content (AvgIpc) is 2.51. The number of thioether (sulfide) groups is 1. The van der Waals surface area contributed by atoms with E-state index in [1.165, 1.54) is 23.9 Å². The van der Waals surface area contributed by atoms with Gasteiger partial charge in [0.1, 0.15) is 16.7 Å². The Labute approximate surface area is 149 Å². The molecule has 2 aromatic rings. The summed E-state index contributed by atoms with van der Waals surface area (Å²) in [5.74, 6) is 0.978. The van der Waals surface area contributed by atoms with Crippen LogP contribution >= 0.6 is 23.4 Å². The molecular weight excluding hydrogens is 374 g/mol. The lowest BCUT2D eigenvalue weighted by Crippen LogP contribution is -2.09. The van der Waals surface area contributed by atoms with Crippen LogP contribution in [0.4, 0.5) is 5.82 Å². The van der Waals surface area contributed by atoms with E-state index in [-0.39, 0.29) is 17.5 Å². The van der Waals surface area contributed by atoms with E-state index in [1.807, 2.05) is 6.26 Å². The number of hydrogen-bond donors (Lipinski definition) is 2. The van der Waals surface area contributed by atoms with Crippen LogP contribution in [0.2, 0.25) is 5.15 Å². The Morgan fingerprint density at radius 1 is 1.38 bits per heavy atom. The van der Waals surface area contributed by atoms with Crippen molar-refractivity contribution < 1.29 is 17.7 Å². The third-order valence-electron chi connectivity index (χ3n) is 2.77. The minimum Gasteiger partial charge on any atom is -0.395 e. The number of aromatic nitrogens is 2. The van der Waals surface area contributed by atoms with E-state index in [0.29, 0.717) is 28.6 Å². The van der Waals surface area contributed by atoms with Crippen molar-refractivity contribution in [3.8, 4) is 17.1 Å². The monoisotopic (exact) mass is 389 g/mol. The number of hydrogen-bond acceptors (Lipinski definition) is 8. The molecule has 7 nitrogen and oxygen atoms in total. The van der Waals surface area contributed by atoms with Crippen molar-refractivity contribution in [2.45, 2.75) is 4.90 Å². The van der Waals surface area contributed by atoms with Gasteiger partial charge in [-0.3, -0.25) is 0 Å². The van der Waals surface area contributed by atoms with Crippen LogP contribution < -0.4 is 9.50 Å². The first-order valence-corrected chi connectivity index (χ1v) is 10.2. The minimum absolute atomic E-state index is 0.0531. The largest absolute Gasteiger partial charge is 0.395 e. The van der Waals surface area contributed by atoms with Crippen LogP contribution in [0.3, 0.4) is 0 Å². The molecule has 2 rings (SSSR count). The van der Waals surface area contributed by atoms with Gasteiger partial charge in [-0.2, -0.15) is 8.42 Å². The van der Waals surface area contributed by atoms with Crippen molar-refractivity contribution in [2.75, 3.05) is 31.0 Å². The molecule has 2 N–H and O–H groups in total. The third kappa shape index (κ3) is 4.97. The van der Waals surface area contributed by atoms with Crippen LogP contribution in [0.1, 0.15) is 0 Å². The van der Waals surface area contributed by atoms with Crippen molar-refractivity contribution in [3.05, 3.63) is 29.4 Å². The molecule has 24 heavy (non-hydrogen) atoms. The van der Waals surface area contributed by atoms with Crippen molar-refractivity contribution in [2.24, 2.45) is 0 Å². The lowest BCUT2D eigenvalue weighted by atomic mass is 10.2. The first-order valence-electron chi connectivity index (χ1n) is 6.80. The molecule has 0 saturated carbocycles. The number of aliphatic hydroxyl groups excluding tert-OH is 1. The van der Waals surface area contributed by atoms with Crippen molar-refractivity contribution in [3.63, 3.8) is 0 Å². The number of benzene rings is 1. The molecule has 1 aromatic heterocycles. The Kier molecular flexibility index (Phi) is 6.27. The Morgan fingerprint density at radius 3 is 2.75 bits per heavy atom. The van der Waals surface area contributed by atoms with Gasteiger partial charge < -0.3 is 14.6 Å². The maximum absolute atomic E-state index is 11.2. The molecule has 0 radical (unpaired) electrons. The summed E-state index contributed by atoms with van der Waals surface area (Å²) in [4.78, 5) is 9.32. The SMILES string of the molecule is CSc1c(Cl)nc(-c2cccc(OS(C)(=O)=O)c2)nc1NCCO. The highest BCUT2D eigenvalue weighted by Gasteiger charge is 2.14. The van der Waals surface area contributed by atoms with Crippen LogP contribution in [-0.2, 0) is 10.1 Å². The standard InChI is InChI=1S/C14H16ClN3O4S2/c1-23-11-12(15)17-13(18-14(11)16-6-7-19)9-4-3-5-10(8-9)22-24(2,20)21/h3-5,8,19H,6-7H2,1-2H3,(H,16,17,18). The van der Waals surface area contributed by atoms with E-state index in [0.717, 1.165) is 6.26 Å². The first-order chi connectivity index (χ1) is 11.3. The molecule has 130 valence electrons. The van der Waals surface area contributed by atoms with E-state index >= 15 is 0 Å². The van der Waals surface area contributed by atoms with E-state index in [4.69, 9.17) is 20.9 Å². The van der Waals surface area contributed by atoms with Gasteiger partial charge in [0, 0.05) is 12.1 Å². The topological polar surface area (TPSA) is 101 Å². The normalized spacial score (nSPS) is 11.3. The highest BCUT2D eigenvalue weighted by molar-refractivity contribution is 7.98. The third-order valence-corrected chi connectivity index (χ3v) is 4.45. The molecular formula is C14H16ClN3O4S2. The predicted molar refractivity (Wildman–Crippen MR) is 95.3 cm³/mol. The zero-order chi connectivity index (χ0) is 17.7. The van der Waals surface area contributed by atoms with E-state index in [9.17, 15) is 8.42 Å². The lowest BCUT2D eigenvalue weighted by Gasteiger charge is -2.12. The average molecular weight is 390 g/mol. The fourth-order valence-corrected chi connectivity index (χ4v) is 3.27. The zero-order valence-electron chi connectivity index (χ0n) is 13.0. The summed E-state index contributed by atoms with van der Waals surface area (Å²) < 4.78 is 27.4. The van der Waals surface area contributed by atoms with Gasteiger partial charge in [0.2, 0.25) is 0 Å². The summed E-state index contributed by atoms with van der Waals surface area (Å²) in [6.07, 6.45) is 2.81. The van der Waals surface area contributed by atoms with Crippen molar-refractivity contribution in [1.29, 1.82) is 0 Å². The van der Waals surface area contributed by atoms with E-state index < -0.39 is 10.1 Å². The van der Waals surface area contributed by atoms with Crippen LogP contribution in [0.25, 0.3) is 11.4 Å². The maximum Gasteiger partial charge on any atom is 0.306 e. The molecule has 1 aromatic carbocycles. The van der Waals surface area contributed by atoms with Gasteiger partial charge >= 0.3 is 10.1 Å². The molecule has 0 spiro atoms. The summed E-state index contributed by atoms with van der Waals surface area (Å²) in [5, 5.41) is 12.2. The van der Waals surface area contributed by atoms with Crippen molar-refractivity contribution >= 4 is 39.3 Å². The van der Waals surface area contributed by atoms with Crippen LogP contribution in [0, 0.1) is 0 Å². The summed E-state index contributed by atoms with van der Waals surface area (Å²) in [6.45, 7) is 0.264. The molecule has 0 saturated heterocycles. The number of nitrogens with one attached hydrogen (secondary N) is 1. The molecule has 0 aliphatic heterocycles. The van der Waals surface area contributed by atoms with Gasteiger partial charge in [0.25, 0.3) is 0 Å². The van der Waals surface area contributed by atoms with Crippen molar-refractivity contribution in [1.82, 2.24) is 9.97 Å².